The summed E-state index contributed by atoms with van der Waals surface area (Å²) in [4.78, 5) is 20.7. The normalized spacial score (nSPS) is 12.4. The molecule has 0 spiro atoms. The summed E-state index contributed by atoms with van der Waals surface area (Å²) in [5.74, 6) is 2.61. The number of benzene rings is 2. The summed E-state index contributed by atoms with van der Waals surface area (Å²) in [6.45, 7) is 0.233. The number of aromatic nitrogens is 5. The van der Waals surface area contributed by atoms with Crippen LogP contribution in [-0.2, 0) is 0 Å². The summed E-state index contributed by atoms with van der Waals surface area (Å²) < 4.78 is 10.8. The van der Waals surface area contributed by atoms with E-state index in [0.29, 0.717) is 28.7 Å². The van der Waals surface area contributed by atoms with E-state index in [1.54, 1.807) is 6.20 Å². The van der Waals surface area contributed by atoms with Crippen molar-refractivity contribution in [2.24, 2.45) is 0 Å². The molecule has 3 N–H and O–H groups in total. The van der Waals surface area contributed by atoms with E-state index in [-0.39, 0.29) is 6.79 Å². The van der Waals surface area contributed by atoms with E-state index in [1.807, 2.05) is 48.5 Å². The fourth-order valence-corrected chi connectivity index (χ4v) is 3.38. The molecular weight excluding hydrogens is 382 g/mol. The molecule has 6 rings (SSSR count). The fourth-order valence-electron chi connectivity index (χ4n) is 3.38. The summed E-state index contributed by atoms with van der Waals surface area (Å²) in [5, 5.41) is 7.61. The van der Waals surface area contributed by atoms with Gasteiger partial charge in [0.1, 0.15) is 11.8 Å². The zero-order valence-corrected chi connectivity index (χ0v) is 15.6. The lowest BCUT2D eigenvalue weighted by Crippen LogP contribution is -1.96. The first-order chi connectivity index (χ1) is 14.8. The SMILES string of the molecule is c1cnc2ccc(Nc3nc4ncnc(Nc5ccc6c(c5)OCO6)c4[nH]3)cc2c1. The van der Waals surface area contributed by atoms with Gasteiger partial charge in [-0.15, -0.1) is 0 Å². The zero-order valence-electron chi connectivity index (χ0n) is 15.6. The molecule has 9 heteroatoms. The van der Waals surface area contributed by atoms with Crippen molar-refractivity contribution in [3.63, 3.8) is 0 Å². The summed E-state index contributed by atoms with van der Waals surface area (Å²) in [7, 11) is 0. The van der Waals surface area contributed by atoms with Crippen LogP contribution in [0.25, 0.3) is 22.1 Å². The molecule has 0 bridgehead atoms. The molecule has 1 aliphatic heterocycles. The molecule has 146 valence electrons. The Hall–Kier alpha value is -4.40. The van der Waals surface area contributed by atoms with Crippen molar-refractivity contribution in [1.29, 1.82) is 0 Å². The van der Waals surface area contributed by atoms with Crippen molar-refractivity contribution in [1.82, 2.24) is 24.9 Å². The lowest BCUT2D eigenvalue weighted by atomic mass is 10.2. The second-order valence-corrected chi connectivity index (χ2v) is 6.74. The molecule has 5 aromatic rings. The first-order valence-corrected chi connectivity index (χ1v) is 9.31. The minimum atomic E-state index is 0.233. The van der Waals surface area contributed by atoms with Gasteiger partial charge in [0.15, 0.2) is 23.0 Å². The van der Waals surface area contributed by atoms with Crippen LogP contribution in [-0.4, -0.2) is 31.7 Å². The van der Waals surface area contributed by atoms with Gasteiger partial charge in [0.25, 0.3) is 0 Å². The highest BCUT2D eigenvalue weighted by molar-refractivity contribution is 5.88. The smallest absolute Gasteiger partial charge is 0.231 e. The number of nitrogens with zero attached hydrogens (tertiary/aromatic N) is 4. The Kier molecular flexibility index (Phi) is 3.63. The predicted octanol–water partition coefficient (Wildman–Crippen LogP) is 4.12. The summed E-state index contributed by atoms with van der Waals surface area (Å²) >= 11 is 0. The van der Waals surface area contributed by atoms with Gasteiger partial charge in [0.2, 0.25) is 12.7 Å². The predicted molar refractivity (Wildman–Crippen MR) is 113 cm³/mol. The molecule has 0 atom stereocenters. The molecule has 0 saturated carbocycles. The van der Waals surface area contributed by atoms with Gasteiger partial charge in [0, 0.05) is 29.0 Å². The quantitative estimate of drug-likeness (QED) is 0.415. The van der Waals surface area contributed by atoms with E-state index in [4.69, 9.17) is 9.47 Å². The molecule has 0 unspecified atom stereocenters. The highest BCUT2D eigenvalue weighted by Crippen LogP contribution is 2.35. The maximum atomic E-state index is 5.44. The van der Waals surface area contributed by atoms with Crippen LogP contribution in [0.3, 0.4) is 0 Å². The Balaban J connectivity index is 1.31. The minimum Gasteiger partial charge on any atom is -0.454 e. The van der Waals surface area contributed by atoms with Crippen molar-refractivity contribution in [3.05, 3.63) is 61.1 Å². The number of pyridine rings is 1. The van der Waals surface area contributed by atoms with Gasteiger partial charge >= 0.3 is 0 Å². The van der Waals surface area contributed by atoms with Crippen molar-refractivity contribution < 1.29 is 9.47 Å². The summed E-state index contributed by atoms with van der Waals surface area (Å²) in [6.07, 6.45) is 3.26. The van der Waals surface area contributed by atoms with E-state index in [1.165, 1.54) is 6.33 Å². The second-order valence-electron chi connectivity index (χ2n) is 6.74. The standard InChI is InChI=1S/C21H15N7O2/c1-2-12-8-13(3-5-15(12)22-7-1)26-21-27-18-19(23-10-24-20(18)28-21)25-14-4-6-16-17(9-14)30-11-29-16/h1-10H,11H2,(H3,23,24,25,26,27,28). The molecule has 3 aromatic heterocycles. The number of fused-ring (bicyclic) bond motifs is 3. The summed E-state index contributed by atoms with van der Waals surface area (Å²) in [5.41, 5.74) is 3.91. The van der Waals surface area contributed by atoms with E-state index in [2.05, 4.69) is 35.6 Å². The number of rotatable bonds is 4. The van der Waals surface area contributed by atoms with Crippen LogP contribution in [0.2, 0.25) is 0 Å². The van der Waals surface area contributed by atoms with Crippen LogP contribution in [0.4, 0.5) is 23.1 Å². The molecule has 9 nitrogen and oxygen atoms in total. The second kappa shape index (κ2) is 6.59. The van der Waals surface area contributed by atoms with Gasteiger partial charge in [-0.3, -0.25) is 4.98 Å². The number of hydrogen-bond donors (Lipinski definition) is 3. The van der Waals surface area contributed by atoms with Crippen molar-refractivity contribution in [2.75, 3.05) is 17.4 Å². The molecule has 0 saturated heterocycles. The van der Waals surface area contributed by atoms with Crippen LogP contribution >= 0.6 is 0 Å². The molecule has 1 aliphatic rings. The van der Waals surface area contributed by atoms with E-state index in [0.717, 1.165) is 28.0 Å². The first kappa shape index (κ1) is 16.5. The Morgan fingerprint density at radius 2 is 1.77 bits per heavy atom. The van der Waals surface area contributed by atoms with Crippen molar-refractivity contribution in [3.8, 4) is 11.5 Å². The van der Waals surface area contributed by atoms with Gasteiger partial charge in [-0.2, -0.15) is 4.98 Å². The molecule has 0 fully saturated rings. The highest BCUT2D eigenvalue weighted by atomic mass is 16.7. The van der Waals surface area contributed by atoms with E-state index < -0.39 is 0 Å². The van der Waals surface area contributed by atoms with Crippen LogP contribution in [0.1, 0.15) is 0 Å². The molecule has 4 heterocycles. The van der Waals surface area contributed by atoms with Gasteiger partial charge in [0.05, 0.1) is 5.52 Å². The lowest BCUT2D eigenvalue weighted by molar-refractivity contribution is 0.174. The third kappa shape index (κ3) is 2.89. The van der Waals surface area contributed by atoms with E-state index in [9.17, 15) is 0 Å². The van der Waals surface area contributed by atoms with Crippen molar-refractivity contribution >= 4 is 45.2 Å². The van der Waals surface area contributed by atoms with Gasteiger partial charge in [-0.05, 0) is 36.4 Å². The van der Waals surface area contributed by atoms with Crippen LogP contribution in [0.5, 0.6) is 11.5 Å². The molecule has 0 amide bonds. The number of nitrogens with one attached hydrogen (secondary N) is 3. The number of imidazole rings is 1. The average Bonchev–Trinajstić information content (AvgIpc) is 3.40. The van der Waals surface area contributed by atoms with Gasteiger partial charge < -0.3 is 25.1 Å². The molecular formula is C21H15N7O2. The number of aromatic amines is 1. The largest absolute Gasteiger partial charge is 0.454 e. The van der Waals surface area contributed by atoms with Crippen molar-refractivity contribution in [2.45, 2.75) is 0 Å². The monoisotopic (exact) mass is 397 g/mol. The molecule has 30 heavy (non-hydrogen) atoms. The molecule has 0 radical (unpaired) electrons. The van der Waals surface area contributed by atoms with Gasteiger partial charge in [-0.25, -0.2) is 9.97 Å². The third-order valence-electron chi connectivity index (χ3n) is 4.79. The summed E-state index contributed by atoms with van der Waals surface area (Å²) in [6, 6.07) is 15.5. The minimum absolute atomic E-state index is 0.233. The van der Waals surface area contributed by atoms with Crippen LogP contribution in [0, 0.1) is 0 Å². The highest BCUT2D eigenvalue weighted by Gasteiger charge is 2.15. The van der Waals surface area contributed by atoms with Crippen LogP contribution in [0.15, 0.2) is 61.1 Å². The van der Waals surface area contributed by atoms with E-state index >= 15 is 0 Å². The average molecular weight is 397 g/mol. The first-order valence-electron chi connectivity index (χ1n) is 9.31. The maximum absolute atomic E-state index is 5.44. The number of anilines is 4. The Morgan fingerprint density at radius 1 is 0.867 bits per heavy atom. The van der Waals surface area contributed by atoms with Crippen LogP contribution < -0.4 is 20.1 Å². The maximum Gasteiger partial charge on any atom is 0.231 e. The molecule has 2 aromatic carbocycles. The number of ether oxygens (including phenoxy) is 2. The number of H-pyrrole nitrogens is 1. The Labute approximate surface area is 170 Å². The fraction of sp³-hybridized carbons (Fsp3) is 0.0476. The van der Waals surface area contributed by atoms with Gasteiger partial charge in [-0.1, -0.05) is 6.07 Å². The third-order valence-corrected chi connectivity index (χ3v) is 4.79. The Bertz CT molecular complexity index is 1400. The molecule has 0 aliphatic carbocycles. The number of hydrogen-bond acceptors (Lipinski definition) is 8. The lowest BCUT2D eigenvalue weighted by Gasteiger charge is -2.07. The topological polar surface area (TPSA) is 110 Å². The zero-order chi connectivity index (χ0) is 19.9. The Morgan fingerprint density at radius 3 is 2.77 bits per heavy atom.